The summed E-state index contributed by atoms with van der Waals surface area (Å²) in [6.07, 6.45) is 0. The van der Waals surface area contributed by atoms with Crippen molar-refractivity contribution in [2.75, 3.05) is 13.6 Å². The molecule has 0 N–H and O–H groups in total. The maximum Gasteiger partial charge on any atom is 0.0624 e. The third-order valence-electron chi connectivity index (χ3n) is 7.13. The van der Waals surface area contributed by atoms with Gasteiger partial charge < -0.3 is 0 Å². The summed E-state index contributed by atoms with van der Waals surface area (Å²) in [6.45, 7) is 16.1. The number of aryl methyl sites for hydroxylation is 1. The number of fused-ring (bicyclic) bond motifs is 1. The molecule has 0 fully saturated rings. The Morgan fingerprint density at radius 3 is 2.36 bits per heavy atom. The highest BCUT2D eigenvalue weighted by Gasteiger charge is 2.48. The standard InChI is InChI=1S/C25H33Cl2N/c1-9-28(8)24-21-14(2)11-10-12-18(21)22(17(5)25(24,6)7)19-13-20(26)23(27)16(4)15(19)3/h10-13,17,22,24H,9H2,1-8H3/t17?,22-,24-/m1/s1/i24D. The second kappa shape index (κ2) is 7.67. The van der Waals surface area contributed by atoms with Gasteiger partial charge >= 0.3 is 0 Å². The van der Waals surface area contributed by atoms with Crippen molar-refractivity contribution in [1.29, 1.82) is 0 Å². The summed E-state index contributed by atoms with van der Waals surface area (Å²) in [7, 11) is 2.08. The molecule has 0 saturated heterocycles. The van der Waals surface area contributed by atoms with Crippen molar-refractivity contribution in [3.63, 3.8) is 0 Å². The number of hydrogen-bond donors (Lipinski definition) is 0. The zero-order chi connectivity index (χ0) is 21.9. The zero-order valence-electron chi connectivity index (χ0n) is 19.4. The molecule has 0 bridgehead atoms. The molecule has 1 aliphatic carbocycles. The summed E-state index contributed by atoms with van der Waals surface area (Å²) in [4.78, 5) is 2.19. The highest BCUT2D eigenvalue weighted by molar-refractivity contribution is 6.42. The Morgan fingerprint density at radius 2 is 1.75 bits per heavy atom. The second-order valence-electron chi connectivity index (χ2n) is 8.90. The number of hydrogen-bond acceptors (Lipinski definition) is 1. The van der Waals surface area contributed by atoms with E-state index in [1.54, 1.807) is 0 Å². The van der Waals surface area contributed by atoms with Gasteiger partial charge in [0.15, 0.2) is 0 Å². The van der Waals surface area contributed by atoms with E-state index in [0.717, 1.165) is 17.7 Å². The van der Waals surface area contributed by atoms with Crippen molar-refractivity contribution in [1.82, 2.24) is 4.90 Å². The fraction of sp³-hybridized carbons (Fsp3) is 0.520. The SMILES string of the molecule is [2H][C@@]1(N(C)CC)c2c(C)cccc2[C@H](c2cc(Cl)c(Cl)c(C)c2C)C(C)C1(C)C. The van der Waals surface area contributed by atoms with E-state index in [1.807, 2.05) is 6.92 Å². The van der Waals surface area contributed by atoms with Crippen molar-refractivity contribution in [2.24, 2.45) is 11.3 Å². The Bertz CT molecular complexity index is 952. The van der Waals surface area contributed by atoms with Crippen LogP contribution in [-0.2, 0) is 0 Å². The third-order valence-corrected chi connectivity index (χ3v) is 8.02. The molecule has 0 amide bonds. The van der Waals surface area contributed by atoms with Crippen LogP contribution in [0.5, 0.6) is 0 Å². The van der Waals surface area contributed by atoms with E-state index in [4.69, 9.17) is 23.2 Å². The molecule has 1 nitrogen and oxygen atoms in total. The lowest BCUT2D eigenvalue weighted by Crippen LogP contribution is -2.46. The molecule has 1 unspecified atom stereocenters. The molecular formula is C25H33Cl2N. The highest BCUT2D eigenvalue weighted by Crippen LogP contribution is 2.58. The topological polar surface area (TPSA) is 3.24 Å². The molecule has 0 aromatic heterocycles. The Kier molecular flexibility index (Phi) is 5.55. The van der Waals surface area contributed by atoms with Crippen LogP contribution in [0.1, 0.15) is 74.4 Å². The summed E-state index contributed by atoms with van der Waals surface area (Å²) in [5.41, 5.74) is 6.74. The quantitative estimate of drug-likeness (QED) is 0.492. The van der Waals surface area contributed by atoms with E-state index in [0.29, 0.717) is 10.0 Å². The smallest absolute Gasteiger partial charge is 0.0624 e. The first-order valence-electron chi connectivity index (χ1n) is 10.7. The summed E-state index contributed by atoms with van der Waals surface area (Å²) in [6, 6.07) is 7.72. The fourth-order valence-corrected chi connectivity index (χ4v) is 5.42. The molecule has 0 aliphatic heterocycles. The van der Waals surface area contributed by atoms with E-state index in [-0.39, 0.29) is 17.3 Å². The van der Waals surface area contributed by atoms with Gasteiger partial charge in [-0.25, -0.2) is 0 Å². The van der Waals surface area contributed by atoms with Crippen LogP contribution in [0.4, 0.5) is 0 Å². The zero-order valence-corrected chi connectivity index (χ0v) is 19.9. The molecule has 1 aliphatic rings. The predicted molar refractivity (Wildman–Crippen MR) is 123 cm³/mol. The van der Waals surface area contributed by atoms with Crippen molar-refractivity contribution >= 4 is 23.2 Å². The molecule has 3 heteroatoms. The minimum atomic E-state index is -0.808. The molecule has 0 heterocycles. The Morgan fingerprint density at radius 1 is 1.11 bits per heavy atom. The maximum atomic E-state index is 9.79. The van der Waals surface area contributed by atoms with Gasteiger partial charge in [0.2, 0.25) is 0 Å². The van der Waals surface area contributed by atoms with E-state index >= 15 is 0 Å². The number of nitrogens with zero attached hydrogens (tertiary/aromatic N) is 1. The van der Waals surface area contributed by atoms with Gasteiger partial charge in [0, 0.05) is 11.9 Å². The Balaban J connectivity index is 2.41. The lowest BCUT2D eigenvalue weighted by atomic mass is 9.57. The molecule has 3 rings (SSSR count). The summed E-state index contributed by atoms with van der Waals surface area (Å²) < 4.78 is 9.79. The molecule has 0 radical (unpaired) electrons. The molecular weight excluding hydrogens is 385 g/mol. The fourth-order valence-electron chi connectivity index (χ4n) is 4.97. The predicted octanol–water partition coefficient (Wildman–Crippen LogP) is 7.72. The van der Waals surface area contributed by atoms with Crippen LogP contribution in [0.25, 0.3) is 0 Å². The van der Waals surface area contributed by atoms with Crippen LogP contribution in [0.3, 0.4) is 0 Å². The van der Waals surface area contributed by atoms with Gasteiger partial charge in [-0.2, -0.15) is 0 Å². The molecule has 0 spiro atoms. The van der Waals surface area contributed by atoms with E-state index in [1.165, 1.54) is 22.3 Å². The van der Waals surface area contributed by atoms with Gasteiger partial charge in [0.1, 0.15) is 0 Å². The largest absolute Gasteiger partial charge is 0.299 e. The van der Waals surface area contributed by atoms with Gasteiger partial charge in [0.05, 0.1) is 11.4 Å². The number of rotatable bonds is 3. The van der Waals surface area contributed by atoms with Gasteiger partial charge in [-0.05, 0) is 85.1 Å². The van der Waals surface area contributed by atoms with Crippen LogP contribution in [0, 0.1) is 32.1 Å². The van der Waals surface area contributed by atoms with Gasteiger partial charge in [-0.15, -0.1) is 0 Å². The van der Waals surface area contributed by atoms with Gasteiger partial charge in [0.25, 0.3) is 0 Å². The minimum absolute atomic E-state index is 0.164. The second-order valence-corrected chi connectivity index (χ2v) is 9.69. The van der Waals surface area contributed by atoms with Crippen molar-refractivity contribution in [3.05, 3.63) is 67.7 Å². The molecule has 3 atom stereocenters. The average Bonchev–Trinajstić information content (AvgIpc) is 2.68. The third kappa shape index (κ3) is 3.20. The van der Waals surface area contributed by atoms with Crippen molar-refractivity contribution in [3.8, 4) is 0 Å². The summed E-state index contributed by atoms with van der Waals surface area (Å²) in [5.74, 6) is 0.399. The maximum absolute atomic E-state index is 9.79. The first-order valence-corrected chi connectivity index (χ1v) is 10.9. The van der Waals surface area contributed by atoms with Crippen LogP contribution < -0.4 is 0 Å². The molecule has 0 saturated carbocycles. The molecule has 2 aromatic rings. The number of halogens is 2. The first-order chi connectivity index (χ1) is 13.4. The van der Waals surface area contributed by atoms with E-state index < -0.39 is 6.02 Å². The lowest BCUT2D eigenvalue weighted by Gasteiger charge is -2.53. The summed E-state index contributed by atoms with van der Waals surface area (Å²) in [5, 5.41) is 1.25. The average molecular weight is 419 g/mol. The van der Waals surface area contributed by atoms with Gasteiger partial charge in [-0.1, -0.05) is 69.1 Å². The molecule has 152 valence electrons. The summed E-state index contributed by atoms with van der Waals surface area (Å²) >= 11 is 13.0. The van der Waals surface area contributed by atoms with Crippen LogP contribution in [0.2, 0.25) is 10.0 Å². The van der Waals surface area contributed by atoms with Crippen LogP contribution in [-0.4, -0.2) is 18.5 Å². The van der Waals surface area contributed by atoms with Gasteiger partial charge in [-0.3, -0.25) is 4.90 Å². The van der Waals surface area contributed by atoms with Crippen LogP contribution >= 0.6 is 23.2 Å². The van der Waals surface area contributed by atoms with Crippen LogP contribution in [0.15, 0.2) is 24.3 Å². The Hall–Kier alpha value is -1.02. The lowest BCUT2D eigenvalue weighted by molar-refractivity contribution is 0.0444. The highest BCUT2D eigenvalue weighted by atomic mass is 35.5. The normalized spacial score (nSPS) is 26.9. The van der Waals surface area contributed by atoms with E-state index in [9.17, 15) is 1.37 Å². The van der Waals surface area contributed by atoms with Crippen molar-refractivity contribution < 1.29 is 1.37 Å². The van der Waals surface area contributed by atoms with Crippen molar-refractivity contribution in [2.45, 2.75) is 60.4 Å². The minimum Gasteiger partial charge on any atom is -0.299 e. The monoisotopic (exact) mass is 418 g/mol. The van der Waals surface area contributed by atoms with E-state index in [2.05, 4.69) is 77.8 Å². The Labute approximate surface area is 182 Å². The molecule has 28 heavy (non-hydrogen) atoms. The first kappa shape index (κ1) is 20.3. The number of benzene rings is 2. The molecule has 2 aromatic carbocycles.